The number of hydrogen-bond donors (Lipinski definition) is 0. The van der Waals surface area contributed by atoms with E-state index in [9.17, 15) is 31.5 Å². The largest absolute Gasteiger partial charge is 0.543 e. The zero-order valence-corrected chi connectivity index (χ0v) is 8.58. The van der Waals surface area contributed by atoms with E-state index in [4.69, 9.17) is 0 Å². The minimum Gasteiger partial charge on any atom is -0.543 e. The van der Waals surface area contributed by atoms with Crippen LogP contribution in [0.15, 0.2) is 18.3 Å². The number of aromatic carboxylic acids is 1. The summed E-state index contributed by atoms with van der Waals surface area (Å²) in [4.78, 5) is 13.4. The van der Waals surface area contributed by atoms with Gasteiger partial charge in [0.1, 0.15) is 0 Å². The summed E-state index contributed by atoms with van der Waals surface area (Å²) in [6.45, 7) is 0. The Hall–Kier alpha value is -1.84. The fourth-order valence-electron chi connectivity index (χ4n) is 0.724. The van der Waals surface area contributed by atoms with Gasteiger partial charge in [0.05, 0.1) is 17.9 Å². The van der Waals surface area contributed by atoms with Crippen LogP contribution < -0.4 is 9.29 Å². The number of carbonyl (C=O) groups excluding carboxylic acids is 1. The first-order valence-electron chi connectivity index (χ1n) is 3.81. The van der Waals surface area contributed by atoms with E-state index in [-0.39, 0.29) is 0 Å². The summed E-state index contributed by atoms with van der Waals surface area (Å²) in [5.74, 6) is -2.41. The van der Waals surface area contributed by atoms with Crippen LogP contribution in [0.4, 0.5) is 13.2 Å². The Kier molecular flexibility index (Phi) is 3.27. The molecule has 1 aromatic rings. The monoisotopic (exact) mass is 270 g/mol. The van der Waals surface area contributed by atoms with Crippen molar-refractivity contribution in [2.24, 2.45) is 0 Å². The molecule has 6 nitrogen and oxygen atoms in total. The third kappa shape index (κ3) is 3.06. The van der Waals surface area contributed by atoms with Gasteiger partial charge in [0.2, 0.25) is 0 Å². The molecule has 1 heterocycles. The second-order valence-corrected chi connectivity index (χ2v) is 4.19. The maximum absolute atomic E-state index is 11.9. The van der Waals surface area contributed by atoms with Gasteiger partial charge in [0, 0.05) is 0 Å². The van der Waals surface area contributed by atoms with Gasteiger partial charge in [-0.25, -0.2) is 0 Å². The van der Waals surface area contributed by atoms with E-state index in [1.807, 2.05) is 0 Å². The molecule has 0 spiro atoms. The second kappa shape index (κ2) is 4.20. The van der Waals surface area contributed by atoms with Crippen LogP contribution in [0.3, 0.4) is 0 Å². The molecule has 0 saturated carbocycles. The minimum absolute atomic E-state index is 0.522. The second-order valence-electron chi connectivity index (χ2n) is 2.65. The Balaban J connectivity index is 2.95. The van der Waals surface area contributed by atoms with Gasteiger partial charge in [-0.2, -0.15) is 21.6 Å². The SMILES string of the molecule is O=C([O-])c1ccc(OS(=O)(=O)C(F)(F)F)cn1. The third-order valence-electron chi connectivity index (χ3n) is 1.43. The lowest BCUT2D eigenvalue weighted by Gasteiger charge is -2.09. The molecule has 10 heteroatoms. The zero-order valence-electron chi connectivity index (χ0n) is 7.76. The standard InChI is InChI=1S/C7H4F3NO5S/c8-7(9,10)17(14,15)16-4-1-2-5(6(12)13)11-3-4/h1-3H,(H,12,13)/p-1. The molecular formula is C7H3F3NO5S-. The number of carboxylic acid groups (broad SMARTS) is 1. The quantitative estimate of drug-likeness (QED) is 0.551. The molecule has 0 fully saturated rings. The van der Waals surface area contributed by atoms with E-state index in [1.165, 1.54) is 0 Å². The molecule has 1 rings (SSSR count). The highest BCUT2D eigenvalue weighted by Crippen LogP contribution is 2.26. The van der Waals surface area contributed by atoms with Crippen LogP contribution in [0, 0.1) is 0 Å². The molecular weight excluding hydrogens is 267 g/mol. The number of rotatable bonds is 3. The van der Waals surface area contributed by atoms with Gasteiger partial charge >= 0.3 is 15.6 Å². The molecule has 0 atom stereocenters. The van der Waals surface area contributed by atoms with E-state index in [1.54, 1.807) is 0 Å². The molecule has 0 aliphatic carbocycles. The first-order valence-corrected chi connectivity index (χ1v) is 5.22. The van der Waals surface area contributed by atoms with Crippen molar-refractivity contribution in [2.75, 3.05) is 0 Å². The van der Waals surface area contributed by atoms with Crippen LogP contribution in [0.1, 0.15) is 10.5 Å². The van der Waals surface area contributed by atoms with Crippen LogP contribution in [0.25, 0.3) is 0 Å². The number of carbonyl (C=O) groups is 1. The molecule has 0 N–H and O–H groups in total. The van der Waals surface area contributed by atoms with Gasteiger partial charge in [0.15, 0.2) is 5.75 Å². The number of halogens is 3. The Morgan fingerprint density at radius 1 is 1.35 bits per heavy atom. The molecule has 0 radical (unpaired) electrons. The maximum atomic E-state index is 11.9. The van der Waals surface area contributed by atoms with Crippen molar-refractivity contribution >= 4 is 16.1 Å². The minimum atomic E-state index is -5.79. The summed E-state index contributed by atoms with van der Waals surface area (Å²) in [5.41, 5.74) is -6.14. The van der Waals surface area contributed by atoms with E-state index in [2.05, 4.69) is 9.17 Å². The van der Waals surface area contributed by atoms with Gasteiger partial charge in [0.25, 0.3) is 0 Å². The highest BCUT2D eigenvalue weighted by molar-refractivity contribution is 7.87. The van der Waals surface area contributed by atoms with Crippen LogP contribution in [0.2, 0.25) is 0 Å². The van der Waals surface area contributed by atoms with Crippen molar-refractivity contribution in [1.82, 2.24) is 4.98 Å². The molecule has 0 aliphatic rings. The summed E-state index contributed by atoms with van der Waals surface area (Å²) in [6, 6.07) is 1.46. The molecule has 1 aromatic heterocycles. The highest BCUT2D eigenvalue weighted by atomic mass is 32.2. The number of aromatic nitrogens is 1. The smallest absolute Gasteiger partial charge is 0.534 e. The maximum Gasteiger partial charge on any atom is 0.534 e. The first-order chi connectivity index (χ1) is 7.63. The van der Waals surface area contributed by atoms with E-state index >= 15 is 0 Å². The molecule has 0 bridgehead atoms. The fourth-order valence-corrected chi connectivity index (χ4v) is 1.17. The number of alkyl halides is 3. The summed E-state index contributed by atoms with van der Waals surface area (Å²) < 4.78 is 60.4. The van der Waals surface area contributed by atoms with Crippen LogP contribution in [0.5, 0.6) is 5.75 Å². The van der Waals surface area contributed by atoms with Crippen molar-refractivity contribution < 1.29 is 35.7 Å². The summed E-state index contributed by atoms with van der Waals surface area (Å²) in [5, 5.41) is 10.2. The van der Waals surface area contributed by atoms with Gasteiger partial charge < -0.3 is 14.1 Å². The van der Waals surface area contributed by atoms with Crippen molar-refractivity contribution in [1.29, 1.82) is 0 Å². The summed E-state index contributed by atoms with van der Waals surface area (Å²) in [7, 11) is -5.79. The lowest BCUT2D eigenvalue weighted by molar-refractivity contribution is -0.255. The molecule has 0 amide bonds. The summed E-state index contributed by atoms with van der Waals surface area (Å²) in [6.07, 6.45) is 0.522. The average Bonchev–Trinajstić information content (AvgIpc) is 2.16. The van der Waals surface area contributed by atoms with Gasteiger partial charge in [-0.1, -0.05) is 0 Å². The van der Waals surface area contributed by atoms with E-state index < -0.39 is 33.0 Å². The number of carboxylic acids is 1. The lowest BCUT2D eigenvalue weighted by Crippen LogP contribution is -2.28. The number of hydrogen-bond acceptors (Lipinski definition) is 6. The fraction of sp³-hybridized carbons (Fsp3) is 0.143. The predicted molar refractivity (Wildman–Crippen MR) is 44.2 cm³/mol. The van der Waals surface area contributed by atoms with Crippen LogP contribution >= 0.6 is 0 Å². The Morgan fingerprint density at radius 3 is 2.29 bits per heavy atom. The van der Waals surface area contributed by atoms with Crippen molar-refractivity contribution in [3.8, 4) is 5.75 Å². The molecule has 94 valence electrons. The van der Waals surface area contributed by atoms with Crippen molar-refractivity contribution in [3.05, 3.63) is 24.0 Å². The number of nitrogens with zero attached hydrogens (tertiary/aromatic N) is 1. The van der Waals surface area contributed by atoms with Crippen molar-refractivity contribution in [3.63, 3.8) is 0 Å². The van der Waals surface area contributed by atoms with Gasteiger partial charge in [-0.05, 0) is 12.1 Å². The highest BCUT2D eigenvalue weighted by Gasteiger charge is 2.48. The van der Waals surface area contributed by atoms with Crippen molar-refractivity contribution in [2.45, 2.75) is 5.51 Å². The van der Waals surface area contributed by atoms with Crippen LogP contribution in [-0.2, 0) is 10.1 Å². The van der Waals surface area contributed by atoms with Gasteiger partial charge in [-0.15, -0.1) is 0 Å². The lowest BCUT2D eigenvalue weighted by atomic mass is 10.3. The molecule has 0 aromatic carbocycles. The molecule has 0 saturated heterocycles. The predicted octanol–water partition coefficient (Wildman–Crippen LogP) is -0.326. The van der Waals surface area contributed by atoms with Gasteiger partial charge in [-0.3, -0.25) is 4.98 Å². The average molecular weight is 270 g/mol. The normalized spacial score (nSPS) is 12.2. The topological polar surface area (TPSA) is 96.4 Å². The Labute approximate surface area is 92.8 Å². The van der Waals surface area contributed by atoms with E-state index in [0.29, 0.717) is 12.3 Å². The molecule has 17 heavy (non-hydrogen) atoms. The Morgan fingerprint density at radius 2 is 1.94 bits per heavy atom. The zero-order chi connectivity index (χ0) is 13.3. The van der Waals surface area contributed by atoms with E-state index in [0.717, 1.165) is 6.07 Å². The molecule has 0 aliphatic heterocycles. The molecule has 0 unspecified atom stereocenters. The summed E-state index contributed by atoms with van der Waals surface area (Å²) >= 11 is 0. The first kappa shape index (κ1) is 13.2. The van der Waals surface area contributed by atoms with Crippen LogP contribution in [-0.4, -0.2) is 24.9 Å². The Bertz CT molecular complexity index is 521. The number of pyridine rings is 1. The third-order valence-corrected chi connectivity index (χ3v) is 2.41.